The van der Waals surface area contributed by atoms with Crippen molar-refractivity contribution in [3.05, 3.63) is 33.7 Å². The van der Waals surface area contributed by atoms with Gasteiger partial charge in [-0.25, -0.2) is 9.97 Å². The predicted octanol–water partition coefficient (Wildman–Crippen LogP) is 3.03. The van der Waals surface area contributed by atoms with E-state index in [1.54, 1.807) is 17.5 Å². The first-order valence-corrected chi connectivity index (χ1v) is 6.43. The quantitative estimate of drug-likeness (QED) is 0.907. The Morgan fingerprint density at radius 2 is 1.94 bits per heavy atom. The highest BCUT2D eigenvalue weighted by Crippen LogP contribution is 2.21. The molecule has 0 aliphatic carbocycles. The molecule has 4 nitrogen and oxygen atoms in total. The summed E-state index contributed by atoms with van der Waals surface area (Å²) in [7, 11) is 0. The van der Waals surface area contributed by atoms with E-state index in [0.717, 1.165) is 27.9 Å². The number of rotatable bonds is 3. The van der Waals surface area contributed by atoms with Gasteiger partial charge in [-0.3, -0.25) is 4.98 Å². The monoisotopic (exact) mass is 248 g/mol. The van der Waals surface area contributed by atoms with Crippen molar-refractivity contribution >= 4 is 17.2 Å². The van der Waals surface area contributed by atoms with Gasteiger partial charge in [-0.15, -0.1) is 11.3 Å². The largest absolute Gasteiger partial charge is 0.360 e. The second kappa shape index (κ2) is 4.79. The molecule has 0 spiro atoms. The van der Waals surface area contributed by atoms with Crippen LogP contribution in [0.15, 0.2) is 11.6 Å². The number of aromatic nitrogens is 3. The Morgan fingerprint density at radius 1 is 1.18 bits per heavy atom. The second-order valence-electron chi connectivity index (χ2n) is 4.12. The van der Waals surface area contributed by atoms with Gasteiger partial charge < -0.3 is 5.32 Å². The van der Waals surface area contributed by atoms with Crippen molar-refractivity contribution in [2.24, 2.45) is 0 Å². The van der Waals surface area contributed by atoms with Gasteiger partial charge in [-0.05, 0) is 27.7 Å². The Kier molecular flexibility index (Phi) is 3.38. The lowest BCUT2D eigenvalue weighted by molar-refractivity contribution is 0.848. The summed E-state index contributed by atoms with van der Waals surface area (Å²) >= 11 is 1.66. The van der Waals surface area contributed by atoms with Crippen LogP contribution in [0.25, 0.3) is 0 Å². The van der Waals surface area contributed by atoms with Crippen LogP contribution in [0.3, 0.4) is 0 Å². The third-order valence-corrected chi connectivity index (χ3v) is 3.71. The van der Waals surface area contributed by atoms with E-state index in [1.807, 2.05) is 20.8 Å². The normalized spacial score (nSPS) is 12.5. The number of hydrogen-bond acceptors (Lipinski definition) is 5. The number of thiazole rings is 1. The van der Waals surface area contributed by atoms with E-state index in [2.05, 4.69) is 32.6 Å². The van der Waals surface area contributed by atoms with Gasteiger partial charge in [0, 0.05) is 11.1 Å². The Bertz CT molecular complexity index is 521. The zero-order valence-corrected chi connectivity index (χ0v) is 11.3. The molecule has 2 aromatic heterocycles. The number of anilines is 1. The molecule has 0 aliphatic rings. The summed E-state index contributed by atoms with van der Waals surface area (Å²) in [6.07, 6.45) is 1.76. The fraction of sp³-hybridized carbons (Fsp3) is 0.417. The zero-order valence-electron chi connectivity index (χ0n) is 10.5. The number of nitrogens with one attached hydrogen (secondary N) is 1. The van der Waals surface area contributed by atoms with E-state index >= 15 is 0 Å². The highest BCUT2D eigenvalue weighted by molar-refractivity contribution is 7.09. The summed E-state index contributed by atoms with van der Waals surface area (Å²) in [4.78, 5) is 13.2. The van der Waals surface area contributed by atoms with Crippen molar-refractivity contribution in [2.45, 2.75) is 33.7 Å². The van der Waals surface area contributed by atoms with Crippen LogP contribution in [-0.4, -0.2) is 15.0 Å². The van der Waals surface area contributed by atoms with Crippen LogP contribution in [0.5, 0.6) is 0 Å². The summed E-state index contributed by atoms with van der Waals surface area (Å²) in [5.74, 6) is 0.799. The van der Waals surface area contributed by atoms with E-state index < -0.39 is 0 Å². The molecule has 2 rings (SSSR count). The second-order valence-corrected chi connectivity index (χ2v) is 5.01. The standard InChI is InChI=1S/C12H16N4S/c1-7-6-17-12(14-7)10(4)16-11-5-13-8(2)9(3)15-11/h5-6,10H,1-4H3,(H,15,16). The molecule has 0 bridgehead atoms. The van der Waals surface area contributed by atoms with Gasteiger partial charge in [-0.1, -0.05) is 0 Å². The molecule has 2 heterocycles. The minimum Gasteiger partial charge on any atom is -0.360 e. The van der Waals surface area contributed by atoms with Crippen molar-refractivity contribution in [1.29, 1.82) is 0 Å². The molecule has 5 heteroatoms. The van der Waals surface area contributed by atoms with E-state index in [-0.39, 0.29) is 6.04 Å². The first kappa shape index (κ1) is 12.0. The summed E-state index contributed by atoms with van der Waals surface area (Å²) in [6, 6.07) is 0.158. The van der Waals surface area contributed by atoms with Crippen molar-refractivity contribution in [3.8, 4) is 0 Å². The first-order valence-electron chi connectivity index (χ1n) is 5.55. The van der Waals surface area contributed by atoms with Crippen LogP contribution in [0.1, 0.15) is 35.1 Å². The lowest BCUT2D eigenvalue weighted by Gasteiger charge is -2.12. The van der Waals surface area contributed by atoms with E-state index in [0.29, 0.717) is 0 Å². The van der Waals surface area contributed by atoms with Gasteiger partial charge in [0.05, 0.1) is 23.6 Å². The van der Waals surface area contributed by atoms with Crippen LogP contribution >= 0.6 is 11.3 Å². The van der Waals surface area contributed by atoms with Crippen LogP contribution < -0.4 is 5.32 Å². The Hall–Kier alpha value is -1.49. The number of nitrogens with zero attached hydrogens (tertiary/aromatic N) is 3. The molecule has 0 radical (unpaired) electrons. The lowest BCUT2D eigenvalue weighted by atomic mass is 10.3. The molecule has 0 aromatic carbocycles. The number of hydrogen-bond donors (Lipinski definition) is 1. The minimum atomic E-state index is 0.158. The summed E-state index contributed by atoms with van der Waals surface area (Å²) in [5.41, 5.74) is 2.98. The molecule has 1 atom stereocenters. The zero-order chi connectivity index (χ0) is 12.4. The van der Waals surface area contributed by atoms with Crippen LogP contribution in [-0.2, 0) is 0 Å². The SMILES string of the molecule is Cc1csc(C(C)Nc2cnc(C)c(C)n2)n1. The topological polar surface area (TPSA) is 50.7 Å². The molecular formula is C12H16N4S. The maximum absolute atomic E-state index is 4.45. The average molecular weight is 248 g/mol. The Balaban J connectivity index is 2.12. The summed E-state index contributed by atoms with van der Waals surface area (Å²) in [5, 5.41) is 6.44. The molecule has 0 amide bonds. The molecule has 2 aromatic rings. The van der Waals surface area contributed by atoms with Crippen molar-refractivity contribution < 1.29 is 0 Å². The van der Waals surface area contributed by atoms with E-state index in [9.17, 15) is 0 Å². The molecule has 0 aliphatic heterocycles. The van der Waals surface area contributed by atoms with Gasteiger partial charge >= 0.3 is 0 Å². The van der Waals surface area contributed by atoms with Gasteiger partial charge in [-0.2, -0.15) is 0 Å². The van der Waals surface area contributed by atoms with Gasteiger partial charge in [0.1, 0.15) is 10.8 Å². The molecule has 0 saturated heterocycles. The molecular weight excluding hydrogens is 232 g/mol. The van der Waals surface area contributed by atoms with Crippen LogP contribution in [0.4, 0.5) is 5.82 Å². The number of aryl methyl sites for hydroxylation is 3. The van der Waals surface area contributed by atoms with Crippen molar-refractivity contribution in [2.75, 3.05) is 5.32 Å². The smallest absolute Gasteiger partial charge is 0.145 e. The summed E-state index contributed by atoms with van der Waals surface area (Å²) < 4.78 is 0. The van der Waals surface area contributed by atoms with Crippen LogP contribution in [0, 0.1) is 20.8 Å². The highest BCUT2D eigenvalue weighted by atomic mass is 32.1. The van der Waals surface area contributed by atoms with E-state index in [1.165, 1.54) is 0 Å². The van der Waals surface area contributed by atoms with Gasteiger partial charge in [0.25, 0.3) is 0 Å². The Morgan fingerprint density at radius 3 is 2.53 bits per heavy atom. The van der Waals surface area contributed by atoms with Gasteiger partial charge in [0.2, 0.25) is 0 Å². The van der Waals surface area contributed by atoms with Gasteiger partial charge in [0.15, 0.2) is 0 Å². The van der Waals surface area contributed by atoms with Crippen molar-refractivity contribution in [3.63, 3.8) is 0 Å². The fourth-order valence-electron chi connectivity index (χ4n) is 1.47. The maximum Gasteiger partial charge on any atom is 0.145 e. The van der Waals surface area contributed by atoms with Crippen LogP contribution in [0.2, 0.25) is 0 Å². The Labute approximate surface area is 105 Å². The highest BCUT2D eigenvalue weighted by Gasteiger charge is 2.10. The third-order valence-electron chi connectivity index (χ3n) is 2.56. The third kappa shape index (κ3) is 2.79. The van der Waals surface area contributed by atoms with E-state index in [4.69, 9.17) is 0 Å². The lowest BCUT2D eigenvalue weighted by Crippen LogP contribution is -2.09. The molecule has 1 unspecified atom stereocenters. The molecule has 1 N–H and O–H groups in total. The first-order chi connectivity index (χ1) is 8.06. The maximum atomic E-state index is 4.45. The van der Waals surface area contributed by atoms with Crippen molar-refractivity contribution in [1.82, 2.24) is 15.0 Å². The fourth-order valence-corrected chi connectivity index (χ4v) is 2.27. The molecule has 17 heavy (non-hydrogen) atoms. The minimum absolute atomic E-state index is 0.158. The average Bonchev–Trinajstić information content (AvgIpc) is 2.70. The molecule has 90 valence electrons. The molecule has 0 fully saturated rings. The summed E-state index contributed by atoms with van der Waals surface area (Å²) in [6.45, 7) is 8.00. The molecule has 0 saturated carbocycles. The predicted molar refractivity (Wildman–Crippen MR) is 70.4 cm³/mol.